The Morgan fingerprint density at radius 2 is 1.97 bits per heavy atom. The van der Waals surface area contributed by atoms with Crippen LogP contribution in [0.5, 0.6) is 0 Å². The standard InChI is InChI=1S/C23H33N5OS.HI/c1-4-24-23(26-15-21-27-16(2)17(3)30-21)25-14-18-9-8-12-20(13-18)28-22(29)19-10-6-5-7-11-19;/h8-9,12-13,19H,4-7,10-11,14-15H2,1-3H3,(H,28,29)(H2,24,25,26);1H. The van der Waals surface area contributed by atoms with Crippen LogP contribution in [0, 0.1) is 19.8 Å². The van der Waals surface area contributed by atoms with Gasteiger partial charge < -0.3 is 16.0 Å². The van der Waals surface area contributed by atoms with E-state index in [0.717, 1.165) is 60.1 Å². The van der Waals surface area contributed by atoms with Crippen molar-refractivity contribution < 1.29 is 4.79 Å². The predicted molar refractivity (Wildman–Crippen MR) is 140 cm³/mol. The number of amides is 1. The van der Waals surface area contributed by atoms with Crippen LogP contribution >= 0.6 is 35.3 Å². The molecule has 0 bridgehead atoms. The molecule has 3 rings (SSSR count). The number of guanidine groups is 1. The average Bonchev–Trinajstić information content (AvgIpc) is 3.08. The molecule has 31 heavy (non-hydrogen) atoms. The van der Waals surface area contributed by atoms with Crippen LogP contribution in [-0.2, 0) is 17.9 Å². The van der Waals surface area contributed by atoms with E-state index in [0.29, 0.717) is 13.1 Å². The summed E-state index contributed by atoms with van der Waals surface area (Å²) in [6.45, 7) is 8.17. The zero-order chi connectivity index (χ0) is 21.3. The number of carbonyl (C=O) groups is 1. The fourth-order valence-corrected chi connectivity index (χ4v) is 4.52. The molecule has 170 valence electrons. The molecule has 0 atom stereocenters. The highest BCUT2D eigenvalue weighted by Crippen LogP contribution is 2.25. The first-order valence-corrected chi connectivity index (χ1v) is 11.7. The Labute approximate surface area is 206 Å². The summed E-state index contributed by atoms with van der Waals surface area (Å²) >= 11 is 1.71. The van der Waals surface area contributed by atoms with Crippen molar-refractivity contribution >= 4 is 52.9 Å². The monoisotopic (exact) mass is 555 g/mol. The number of aliphatic imine (C=N–C) groups is 1. The second-order valence-electron chi connectivity index (χ2n) is 7.82. The number of halogens is 1. The van der Waals surface area contributed by atoms with Gasteiger partial charge in [-0.1, -0.05) is 31.4 Å². The molecule has 1 aromatic heterocycles. The third-order valence-corrected chi connectivity index (χ3v) is 6.49. The van der Waals surface area contributed by atoms with Crippen LogP contribution in [-0.4, -0.2) is 23.4 Å². The van der Waals surface area contributed by atoms with Gasteiger partial charge in [-0.15, -0.1) is 35.3 Å². The highest BCUT2D eigenvalue weighted by atomic mass is 127. The largest absolute Gasteiger partial charge is 0.357 e. The highest BCUT2D eigenvalue weighted by molar-refractivity contribution is 14.0. The third-order valence-electron chi connectivity index (χ3n) is 5.41. The maximum absolute atomic E-state index is 12.5. The van der Waals surface area contributed by atoms with Crippen molar-refractivity contribution in [2.45, 2.75) is 66.0 Å². The normalized spacial score (nSPS) is 14.6. The Kier molecular flexibility index (Phi) is 10.7. The zero-order valence-corrected chi connectivity index (χ0v) is 21.8. The van der Waals surface area contributed by atoms with E-state index in [9.17, 15) is 4.79 Å². The summed E-state index contributed by atoms with van der Waals surface area (Å²) in [5, 5.41) is 10.8. The number of nitrogens with one attached hydrogen (secondary N) is 3. The Balaban J connectivity index is 0.00000341. The molecule has 1 fully saturated rings. The lowest BCUT2D eigenvalue weighted by Crippen LogP contribution is -2.36. The number of nitrogens with zero attached hydrogens (tertiary/aromatic N) is 2. The fourth-order valence-electron chi connectivity index (χ4n) is 3.64. The molecule has 2 aromatic rings. The molecule has 0 saturated heterocycles. The van der Waals surface area contributed by atoms with Crippen molar-refractivity contribution in [1.29, 1.82) is 0 Å². The van der Waals surface area contributed by atoms with Crippen molar-refractivity contribution in [3.05, 3.63) is 45.4 Å². The number of carbonyl (C=O) groups excluding carboxylic acids is 1. The minimum absolute atomic E-state index is 0. The lowest BCUT2D eigenvalue weighted by atomic mass is 9.88. The van der Waals surface area contributed by atoms with E-state index >= 15 is 0 Å². The van der Waals surface area contributed by atoms with Crippen LogP contribution in [0.15, 0.2) is 29.3 Å². The van der Waals surface area contributed by atoms with Gasteiger partial charge in [0, 0.05) is 23.0 Å². The van der Waals surface area contributed by atoms with Gasteiger partial charge in [-0.3, -0.25) is 4.79 Å². The first-order chi connectivity index (χ1) is 14.5. The Morgan fingerprint density at radius 3 is 2.65 bits per heavy atom. The van der Waals surface area contributed by atoms with Crippen molar-refractivity contribution in [2.24, 2.45) is 10.9 Å². The number of benzene rings is 1. The summed E-state index contributed by atoms with van der Waals surface area (Å²) in [5.74, 6) is 1.07. The summed E-state index contributed by atoms with van der Waals surface area (Å²) in [6.07, 6.45) is 5.58. The van der Waals surface area contributed by atoms with Gasteiger partial charge in [0.2, 0.25) is 5.91 Å². The molecule has 1 aliphatic rings. The van der Waals surface area contributed by atoms with E-state index in [2.05, 4.69) is 34.8 Å². The number of aryl methyl sites for hydroxylation is 2. The van der Waals surface area contributed by atoms with Crippen LogP contribution in [0.3, 0.4) is 0 Å². The van der Waals surface area contributed by atoms with Gasteiger partial charge in [0.15, 0.2) is 5.96 Å². The number of hydrogen-bond donors (Lipinski definition) is 3. The molecule has 0 unspecified atom stereocenters. The van der Waals surface area contributed by atoms with Crippen molar-refractivity contribution in [3.63, 3.8) is 0 Å². The van der Waals surface area contributed by atoms with Gasteiger partial charge in [-0.05, 0) is 51.3 Å². The van der Waals surface area contributed by atoms with Gasteiger partial charge in [0.05, 0.1) is 18.8 Å². The van der Waals surface area contributed by atoms with Gasteiger partial charge in [0.1, 0.15) is 5.01 Å². The molecule has 8 heteroatoms. The molecule has 0 radical (unpaired) electrons. The van der Waals surface area contributed by atoms with E-state index in [1.54, 1.807) is 11.3 Å². The SMILES string of the molecule is CCNC(=NCc1cccc(NC(=O)C2CCCCC2)c1)NCc1nc(C)c(C)s1.I. The van der Waals surface area contributed by atoms with Gasteiger partial charge in [-0.25, -0.2) is 9.98 Å². The molecule has 1 aliphatic carbocycles. The molecule has 1 saturated carbocycles. The Morgan fingerprint density at radius 1 is 1.19 bits per heavy atom. The Bertz CT molecular complexity index is 857. The minimum Gasteiger partial charge on any atom is -0.357 e. The molecule has 3 N–H and O–H groups in total. The highest BCUT2D eigenvalue weighted by Gasteiger charge is 2.21. The predicted octanol–water partition coefficient (Wildman–Crippen LogP) is 5.15. The summed E-state index contributed by atoms with van der Waals surface area (Å²) in [5.41, 5.74) is 3.00. The maximum atomic E-state index is 12.5. The van der Waals surface area contributed by atoms with Gasteiger partial charge in [0.25, 0.3) is 0 Å². The summed E-state index contributed by atoms with van der Waals surface area (Å²) in [7, 11) is 0. The second-order valence-corrected chi connectivity index (χ2v) is 9.11. The molecular weight excluding hydrogens is 521 g/mol. The van der Waals surface area contributed by atoms with E-state index in [1.165, 1.54) is 11.3 Å². The molecular formula is C23H34IN5OS. The summed E-state index contributed by atoms with van der Waals surface area (Å²) in [6, 6.07) is 7.98. The fraction of sp³-hybridized carbons (Fsp3) is 0.522. The van der Waals surface area contributed by atoms with Crippen LogP contribution in [0.1, 0.15) is 60.2 Å². The maximum Gasteiger partial charge on any atom is 0.227 e. The lowest BCUT2D eigenvalue weighted by Gasteiger charge is -2.20. The topological polar surface area (TPSA) is 78.4 Å². The number of thiazole rings is 1. The molecule has 1 heterocycles. The zero-order valence-electron chi connectivity index (χ0n) is 18.7. The van der Waals surface area contributed by atoms with E-state index in [4.69, 9.17) is 4.99 Å². The Hall–Kier alpha value is -1.68. The van der Waals surface area contributed by atoms with Crippen LogP contribution in [0.2, 0.25) is 0 Å². The van der Waals surface area contributed by atoms with Crippen molar-refractivity contribution in [3.8, 4) is 0 Å². The van der Waals surface area contributed by atoms with Crippen molar-refractivity contribution in [2.75, 3.05) is 11.9 Å². The molecule has 0 spiro atoms. The van der Waals surface area contributed by atoms with Crippen LogP contribution in [0.4, 0.5) is 5.69 Å². The second kappa shape index (κ2) is 13.0. The molecule has 6 nitrogen and oxygen atoms in total. The average molecular weight is 556 g/mol. The number of anilines is 1. The summed E-state index contributed by atoms with van der Waals surface area (Å²) in [4.78, 5) is 23.0. The van der Waals surface area contributed by atoms with Crippen LogP contribution < -0.4 is 16.0 Å². The third kappa shape index (κ3) is 8.07. The first kappa shape index (κ1) is 25.6. The number of hydrogen-bond acceptors (Lipinski definition) is 4. The number of rotatable bonds is 7. The smallest absolute Gasteiger partial charge is 0.227 e. The van der Waals surface area contributed by atoms with Gasteiger partial charge in [-0.2, -0.15) is 0 Å². The summed E-state index contributed by atoms with van der Waals surface area (Å²) < 4.78 is 0. The first-order valence-electron chi connectivity index (χ1n) is 10.9. The molecule has 1 amide bonds. The molecule has 1 aromatic carbocycles. The van der Waals surface area contributed by atoms with E-state index < -0.39 is 0 Å². The van der Waals surface area contributed by atoms with Gasteiger partial charge >= 0.3 is 0 Å². The van der Waals surface area contributed by atoms with Crippen LogP contribution in [0.25, 0.3) is 0 Å². The quantitative estimate of drug-likeness (QED) is 0.251. The molecule has 0 aliphatic heterocycles. The minimum atomic E-state index is 0. The van der Waals surface area contributed by atoms with E-state index in [-0.39, 0.29) is 35.8 Å². The number of aromatic nitrogens is 1. The van der Waals surface area contributed by atoms with Crippen molar-refractivity contribution in [1.82, 2.24) is 15.6 Å². The lowest BCUT2D eigenvalue weighted by molar-refractivity contribution is -0.120. The van der Waals surface area contributed by atoms with E-state index in [1.807, 2.05) is 31.2 Å².